The molecule has 0 heterocycles. The van der Waals surface area contributed by atoms with E-state index in [0.717, 1.165) is 5.56 Å². The van der Waals surface area contributed by atoms with Gasteiger partial charge in [-0.3, -0.25) is 4.79 Å². The zero-order valence-electron chi connectivity index (χ0n) is 15.5. The number of thioether (sulfide) groups is 2. The molecular formula is C18H26N2O5S2. The molecule has 0 aliphatic rings. The molecule has 150 valence electrons. The molecule has 0 aromatic heterocycles. The van der Waals surface area contributed by atoms with Crippen LogP contribution < -0.4 is 10.6 Å². The van der Waals surface area contributed by atoms with Gasteiger partial charge >= 0.3 is 12.1 Å². The van der Waals surface area contributed by atoms with Crippen LogP contribution in [0.1, 0.15) is 18.4 Å². The fourth-order valence-electron chi connectivity index (χ4n) is 2.18. The Morgan fingerprint density at radius 1 is 1.00 bits per heavy atom. The number of hydrogen-bond donors (Lipinski definition) is 3. The van der Waals surface area contributed by atoms with E-state index >= 15 is 0 Å². The van der Waals surface area contributed by atoms with E-state index in [1.165, 1.54) is 23.5 Å². The highest BCUT2D eigenvalue weighted by molar-refractivity contribution is 7.98. The molecule has 1 aromatic rings. The first kappa shape index (κ1) is 23.2. The second kappa shape index (κ2) is 13.3. The third-order valence-corrected chi connectivity index (χ3v) is 4.95. The zero-order chi connectivity index (χ0) is 20.1. The molecule has 2 unspecified atom stereocenters. The molecule has 0 aliphatic carbocycles. The Balaban J connectivity index is 2.62. The van der Waals surface area contributed by atoms with Crippen LogP contribution in [-0.2, 0) is 20.9 Å². The fourth-order valence-corrected chi connectivity index (χ4v) is 3.12. The Hall–Kier alpha value is -1.87. The van der Waals surface area contributed by atoms with Crippen LogP contribution in [0.2, 0.25) is 0 Å². The zero-order valence-corrected chi connectivity index (χ0v) is 17.1. The molecule has 0 bridgehead atoms. The number of hydrogen-bond acceptors (Lipinski definition) is 6. The molecule has 0 saturated heterocycles. The number of alkyl carbamates (subject to hydrolysis) is 1. The normalized spacial score (nSPS) is 12.7. The van der Waals surface area contributed by atoms with Crippen molar-refractivity contribution in [2.24, 2.45) is 0 Å². The first-order valence-corrected chi connectivity index (χ1v) is 11.2. The molecule has 27 heavy (non-hydrogen) atoms. The minimum absolute atomic E-state index is 0.0923. The van der Waals surface area contributed by atoms with E-state index in [-0.39, 0.29) is 6.61 Å². The van der Waals surface area contributed by atoms with Crippen molar-refractivity contribution < 1.29 is 24.2 Å². The summed E-state index contributed by atoms with van der Waals surface area (Å²) in [7, 11) is 0. The third-order valence-electron chi connectivity index (χ3n) is 3.66. The summed E-state index contributed by atoms with van der Waals surface area (Å²) in [4.78, 5) is 35.8. The van der Waals surface area contributed by atoms with Crippen molar-refractivity contribution in [2.75, 3.05) is 24.0 Å². The van der Waals surface area contributed by atoms with Crippen LogP contribution in [0.4, 0.5) is 4.79 Å². The largest absolute Gasteiger partial charge is 0.480 e. The van der Waals surface area contributed by atoms with Crippen LogP contribution in [0.5, 0.6) is 0 Å². The molecule has 2 atom stereocenters. The summed E-state index contributed by atoms with van der Waals surface area (Å²) in [6.45, 7) is 0.0923. The minimum atomic E-state index is -1.09. The van der Waals surface area contributed by atoms with Crippen molar-refractivity contribution in [3.63, 3.8) is 0 Å². The average Bonchev–Trinajstić information content (AvgIpc) is 2.67. The molecule has 7 nitrogen and oxygen atoms in total. The number of nitrogens with one attached hydrogen (secondary N) is 2. The summed E-state index contributed by atoms with van der Waals surface area (Å²) >= 11 is 3.04. The number of carboxylic acids is 1. The van der Waals surface area contributed by atoms with E-state index in [4.69, 9.17) is 4.74 Å². The Morgan fingerprint density at radius 3 is 2.15 bits per heavy atom. The van der Waals surface area contributed by atoms with E-state index in [9.17, 15) is 19.5 Å². The van der Waals surface area contributed by atoms with E-state index < -0.39 is 30.1 Å². The van der Waals surface area contributed by atoms with Crippen molar-refractivity contribution in [2.45, 2.75) is 31.5 Å². The molecule has 2 amide bonds. The molecule has 0 radical (unpaired) electrons. The number of carbonyl (C=O) groups excluding carboxylic acids is 2. The predicted molar refractivity (Wildman–Crippen MR) is 109 cm³/mol. The van der Waals surface area contributed by atoms with Crippen molar-refractivity contribution in [1.82, 2.24) is 10.6 Å². The second-order valence-corrected chi connectivity index (χ2v) is 7.69. The molecule has 3 N–H and O–H groups in total. The number of carboxylic acid groups (broad SMARTS) is 1. The van der Waals surface area contributed by atoms with Crippen molar-refractivity contribution >= 4 is 41.5 Å². The van der Waals surface area contributed by atoms with E-state index in [1.807, 2.05) is 42.8 Å². The van der Waals surface area contributed by atoms with Gasteiger partial charge in [-0.1, -0.05) is 30.3 Å². The quantitative estimate of drug-likeness (QED) is 0.482. The van der Waals surface area contributed by atoms with Crippen LogP contribution in [0.15, 0.2) is 30.3 Å². The lowest BCUT2D eigenvalue weighted by Crippen LogP contribution is -2.52. The third kappa shape index (κ3) is 9.58. The summed E-state index contributed by atoms with van der Waals surface area (Å²) in [6.07, 6.45) is 3.74. The van der Waals surface area contributed by atoms with Crippen molar-refractivity contribution in [3.8, 4) is 0 Å². The second-order valence-electron chi connectivity index (χ2n) is 5.72. The van der Waals surface area contributed by atoms with Gasteiger partial charge in [-0.15, -0.1) is 0 Å². The van der Waals surface area contributed by atoms with Gasteiger partial charge in [0.05, 0.1) is 0 Å². The van der Waals surface area contributed by atoms with Gasteiger partial charge in [-0.05, 0) is 42.4 Å². The van der Waals surface area contributed by atoms with Gasteiger partial charge in [0.1, 0.15) is 18.7 Å². The monoisotopic (exact) mass is 414 g/mol. The Kier molecular flexibility index (Phi) is 11.4. The highest BCUT2D eigenvalue weighted by Gasteiger charge is 2.26. The van der Waals surface area contributed by atoms with E-state index in [0.29, 0.717) is 24.3 Å². The molecule has 0 aliphatic heterocycles. The molecule has 0 fully saturated rings. The van der Waals surface area contributed by atoms with Gasteiger partial charge in [-0.2, -0.15) is 23.5 Å². The van der Waals surface area contributed by atoms with Crippen molar-refractivity contribution in [3.05, 3.63) is 35.9 Å². The van der Waals surface area contributed by atoms with Gasteiger partial charge in [-0.25, -0.2) is 9.59 Å². The Bertz CT molecular complexity index is 601. The maximum atomic E-state index is 12.5. The summed E-state index contributed by atoms with van der Waals surface area (Å²) in [6, 6.07) is 7.36. The minimum Gasteiger partial charge on any atom is -0.480 e. The maximum Gasteiger partial charge on any atom is 0.408 e. The fraction of sp³-hybridized carbons (Fsp3) is 0.500. The van der Waals surface area contributed by atoms with Crippen molar-refractivity contribution in [1.29, 1.82) is 0 Å². The Labute approximate surface area is 168 Å². The highest BCUT2D eigenvalue weighted by Crippen LogP contribution is 2.06. The lowest BCUT2D eigenvalue weighted by molar-refractivity contribution is -0.142. The number of aliphatic carboxylic acids is 1. The summed E-state index contributed by atoms with van der Waals surface area (Å²) in [5.74, 6) is -0.360. The average molecular weight is 415 g/mol. The van der Waals surface area contributed by atoms with Crippen LogP contribution in [0.25, 0.3) is 0 Å². The lowest BCUT2D eigenvalue weighted by Gasteiger charge is -2.21. The number of rotatable bonds is 12. The summed E-state index contributed by atoms with van der Waals surface area (Å²) in [5.41, 5.74) is 0.834. The summed E-state index contributed by atoms with van der Waals surface area (Å²) in [5, 5.41) is 14.3. The first-order valence-electron chi connectivity index (χ1n) is 8.46. The van der Waals surface area contributed by atoms with Gasteiger partial charge in [0.15, 0.2) is 0 Å². The van der Waals surface area contributed by atoms with Crippen LogP contribution >= 0.6 is 23.5 Å². The highest BCUT2D eigenvalue weighted by atomic mass is 32.2. The first-order chi connectivity index (χ1) is 13.0. The lowest BCUT2D eigenvalue weighted by atomic mass is 10.1. The van der Waals surface area contributed by atoms with E-state index in [1.54, 1.807) is 0 Å². The van der Waals surface area contributed by atoms with Crippen LogP contribution in [-0.4, -0.2) is 59.2 Å². The van der Waals surface area contributed by atoms with Crippen LogP contribution in [0.3, 0.4) is 0 Å². The van der Waals surface area contributed by atoms with Gasteiger partial charge in [0.25, 0.3) is 0 Å². The number of carbonyl (C=O) groups is 3. The topological polar surface area (TPSA) is 105 Å². The standard InChI is InChI=1S/C18H26N2O5S2/c1-26-10-8-14(16(21)19-15(17(22)23)9-11-27-2)20-18(24)25-12-13-6-4-3-5-7-13/h3-7,14-15H,8-12H2,1-2H3,(H,19,21)(H,20,24)(H,22,23). The number of ether oxygens (including phenoxy) is 1. The smallest absolute Gasteiger partial charge is 0.408 e. The molecule has 1 aromatic carbocycles. The van der Waals surface area contributed by atoms with E-state index in [2.05, 4.69) is 10.6 Å². The SMILES string of the molecule is CSCCC(NC(=O)C(CCSC)NC(=O)OCc1ccccc1)C(=O)O. The van der Waals surface area contributed by atoms with Crippen LogP contribution in [0, 0.1) is 0 Å². The summed E-state index contributed by atoms with van der Waals surface area (Å²) < 4.78 is 5.15. The molecule has 0 saturated carbocycles. The molecular weight excluding hydrogens is 388 g/mol. The Morgan fingerprint density at radius 2 is 1.59 bits per heavy atom. The van der Waals surface area contributed by atoms with Gasteiger partial charge < -0.3 is 20.5 Å². The number of amides is 2. The molecule has 0 spiro atoms. The maximum absolute atomic E-state index is 12.5. The van der Waals surface area contributed by atoms with Gasteiger partial charge in [0, 0.05) is 0 Å². The van der Waals surface area contributed by atoms with Gasteiger partial charge in [0.2, 0.25) is 5.91 Å². The number of benzene rings is 1. The predicted octanol–water partition coefficient (Wildman–Crippen LogP) is 2.36. The molecule has 1 rings (SSSR count). The molecule has 9 heteroatoms.